The van der Waals surface area contributed by atoms with E-state index in [2.05, 4.69) is 21.8 Å². The smallest absolute Gasteiger partial charge is 0.244 e. The van der Waals surface area contributed by atoms with E-state index in [9.17, 15) is 4.79 Å². The molecule has 1 amide bonds. The van der Waals surface area contributed by atoms with E-state index >= 15 is 0 Å². The molecule has 128 valence electrons. The highest BCUT2D eigenvalue weighted by Crippen LogP contribution is 2.24. The number of hydrogen-bond donors (Lipinski definition) is 0. The largest absolute Gasteiger partial charge is 0.308 e. The first kappa shape index (κ1) is 16.5. The number of carbonyl (C=O) groups excluding carboxylic acids is 1. The molecule has 2 aliphatic rings. The van der Waals surface area contributed by atoms with Gasteiger partial charge in [0.2, 0.25) is 5.91 Å². The zero-order valence-electron chi connectivity index (χ0n) is 14.4. The fourth-order valence-corrected chi connectivity index (χ4v) is 3.68. The zero-order chi connectivity index (χ0) is 16.2. The first-order valence-corrected chi connectivity index (χ1v) is 8.95. The van der Waals surface area contributed by atoms with E-state index in [1.54, 1.807) is 10.9 Å². The molecule has 0 saturated carbocycles. The molecule has 6 nitrogen and oxygen atoms in total. The van der Waals surface area contributed by atoms with Gasteiger partial charge in [-0.05, 0) is 25.8 Å². The Kier molecular flexibility index (Phi) is 5.33. The Labute approximate surface area is 139 Å². The Morgan fingerprint density at radius 2 is 2.00 bits per heavy atom. The van der Waals surface area contributed by atoms with Crippen molar-refractivity contribution in [1.82, 2.24) is 19.6 Å². The van der Waals surface area contributed by atoms with Gasteiger partial charge in [0.25, 0.3) is 0 Å². The molecular weight excluding hydrogens is 290 g/mol. The van der Waals surface area contributed by atoms with Gasteiger partial charge in [-0.1, -0.05) is 13.3 Å². The summed E-state index contributed by atoms with van der Waals surface area (Å²) in [6.45, 7) is 8.47. The van der Waals surface area contributed by atoms with Crippen molar-refractivity contribution in [2.45, 2.75) is 38.6 Å². The molecule has 1 aromatic rings. The van der Waals surface area contributed by atoms with Crippen molar-refractivity contribution in [3.05, 3.63) is 12.4 Å². The van der Waals surface area contributed by atoms with Crippen LogP contribution in [0, 0.1) is 0 Å². The Hall–Kier alpha value is -1.40. The molecule has 0 bridgehead atoms. The van der Waals surface area contributed by atoms with E-state index in [1.807, 2.05) is 18.1 Å². The number of rotatable bonds is 5. The SMILES string of the molecule is CCCCN1CCN(C2CCCN(c3cnn(C)c3)C2=O)CC1. The van der Waals surface area contributed by atoms with E-state index in [-0.39, 0.29) is 11.9 Å². The summed E-state index contributed by atoms with van der Waals surface area (Å²) < 4.78 is 1.76. The summed E-state index contributed by atoms with van der Waals surface area (Å²) in [7, 11) is 1.89. The second-order valence-corrected chi connectivity index (χ2v) is 6.75. The number of carbonyl (C=O) groups is 1. The molecule has 0 aliphatic carbocycles. The molecule has 3 rings (SSSR count). The number of hydrogen-bond acceptors (Lipinski definition) is 4. The molecule has 0 spiro atoms. The fourth-order valence-electron chi connectivity index (χ4n) is 3.68. The number of piperidine rings is 1. The average molecular weight is 319 g/mol. The lowest BCUT2D eigenvalue weighted by Gasteiger charge is -2.42. The highest BCUT2D eigenvalue weighted by Gasteiger charge is 2.35. The van der Waals surface area contributed by atoms with Gasteiger partial charge in [-0.15, -0.1) is 0 Å². The third-order valence-corrected chi connectivity index (χ3v) is 5.09. The van der Waals surface area contributed by atoms with Gasteiger partial charge in [-0.25, -0.2) is 0 Å². The quantitative estimate of drug-likeness (QED) is 0.821. The van der Waals surface area contributed by atoms with Crippen LogP contribution in [0.15, 0.2) is 12.4 Å². The Balaban J connectivity index is 1.59. The lowest BCUT2D eigenvalue weighted by molar-refractivity contribution is -0.126. The molecule has 0 N–H and O–H groups in total. The summed E-state index contributed by atoms with van der Waals surface area (Å²) in [4.78, 5) is 19.8. The summed E-state index contributed by atoms with van der Waals surface area (Å²) in [6.07, 6.45) is 8.32. The van der Waals surface area contributed by atoms with Crippen molar-refractivity contribution < 1.29 is 4.79 Å². The summed E-state index contributed by atoms with van der Waals surface area (Å²) in [5, 5.41) is 4.20. The molecule has 2 aliphatic heterocycles. The van der Waals surface area contributed by atoms with Gasteiger partial charge in [0.15, 0.2) is 0 Å². The number of nitrogens with zero attached hydrogens (tertiary/aromatic N) is 5. The molecule has 0 aromatic carbocycles. The van der Waals surface area contributed by atoms with Crippen LogP contribution < -0.4 is 4.90 Å². The first-order valence-electron chi connectivity index (χ1n) is 8.95. The van der Waals surface area contributed by atoms with Crippen molar-refractivity contribution in [2.24, 2.45) is 7.05 Å². The molecule has 6 heteroatoms. The van der Waals surface area contributed by atoms with E-state index in [1.165, 1.54) is 19.4 Å². The minimum Gasteiger partial charge on any atom is -0.308 e. The van der Waals surface area contributed by atoms with Crippen molar-refractivity contribution in [3.8, 4) is 0 Å². The lowest BCUT2D eigenvalue weighted by atomic mass is 10.0. The van der Waals surface area contributed by atoms with Crippen LogP contribution in [0.1, 0.15) is 32.6 Å². The van der Waals surface area contributed by atoms with E-state index in [4.69, 9.17) is 0 Å². The topological polar surface area (TPSA) is 44.6 Å². The minimum atomic E-state index is 0.0530. The van der Waals surface area contributed by atoms with Gasteiger partial charge < -0.3 is 9.80 Å². The maximum Gasteiger partial charge on any atom is 0.244 e. The van der Waals surface area contributed by atoms with Crippen molar-refractivity contribution in [1.29, 1.82) is 0 Å². The van der Waals surface area contributed by atoms with E-state index in [0.29, 0.717) is 0 Å². The summed E-state index contributed by atoms with van der Waals surface area (Å²) >= 11 is 0. The normalized spacial score (nSPS) is 24.3. The van der Waals surface area contributed by atoms with Crippen LogP contribution in [0.2, 0.25) is 0 Å². The standard InChI is InChI=1S/C17H29N5O/c1-3-4-7-20-9-11-21(12-10-20)16-6-5-8-22(17(16)23)15-13-18-19(2)14-15/h13-14,16H,3-12H2,1-2H3. The molecular formula is C17H29N5O. The van der Waals surface area contributed by atoms with Crippen LogP contribution in [0.3, 0.4) is 0 Å². The Bertz CT molecular complexity index is 521. The number of piperazine rings is 1. The molecule has 1 unspecified atom stereocenters. The molecule has 2 saturated heterocycles. The predicted octanol–water partition coefficient (Wildman–Crippen LogP) is 1.33. The molecule has 23 heavy (non-hydrogen) atoms. The third kappa shape index (κ3) is 3.75. The number of aromatic nitrogens is 2. The predicted molar refractivity (Wildman–Crippen MR) is 91.5 cm³/mol. The number of aryl methyl sites for hydroxylation is 1. The maximum atomic E-state index is 12.9. The number of unbranched alkanes of at least 4 members (excludes halogenated alkanes) is 1. The van der Waals surface area contributed by atoms with Gasteiger partial charge in [-0.3, -0.25) is 14.4 Å². The van der Waals surface area contributed by atoms with Gasteiger partial charge in [0, 0.05) is 46.0 Å². The maximum absolute atomic E-state index is 12.9. The van der Waals surface area contributed by atoms with Gasteiger partial charge in [0.1, 0.15) is 0 Å². The molecule has 0 radical (unpaired) electrons. The summed E-state index contributed by atoms with van der Waals surface area (Å²) in [5.74, 6) is 0.256. The van der Waals surface area contributed by atoms with Gasteiger partial charge in [-0.2, -0.15) is 5.10 Å². The Morgan fingerprint density at radius 1 is 1.22 bits per heavy atom. The second kappa shape index (κ2) is 7.45. The summed E-state index contributed by atoms with van der Waals surface area (Å²) in [5.41, 5.74) is 0.934. The van der Waals surface area contributed by atoms with E-state index < -0.39 is 0 Å². The number of amides is 1. The van der Waals surface area contributed by atoms with Crippen LogP contribution in [-0.2, 0) is 11.8 Å². The van der Waals surface area contributed by atoms with Crippen molar-refractivity contribution in [2.75, 3.05) is 44.2 Å². The number of anilines is 1. The van der Waals surface area contributed by atoms with Crippen LogP contribution in [-0.4, -0.2) is 70.8 Å². The van der Waals surface area contributed by atoms with Crippen molar-refractivity contribution in [3.63, 3.8) is 0 Å². The van der Waals surface area contributed by atoms with Crippen LogP contribution in [0.5, 0.6) is 0 Å². The zero-order valence-corrected chi connectivity index (χ0v) is 14.4. The molecule has 1 aromatic heterocycles. The van der Waals surface area contributed by atoms with Crippen LogP contribution in [0.4, 0.5) is 5.69 Å². The highest BCUT2D eigenvalue weighted by molar-refractivity contribution is 5.97. The first-order chi connectivity index (χ1) is 11.2. The second-order valence-electron chi connectivity index (χ2n) is 6.75. The fraction of sp³-hybridized carbons (Fsp3) is 0.765. The van der Waals surface area contributed by atoms with Crippen molar-refractivity contribution >= 4 is 11.6 Å². The molecule has 2 fully saturated rings. The minimum absolute atomic E-state index is 0.0530. The van der Waals surface area contributed by atoms with E-state index in [0.717, 1.165) is 51.3 Å². The summed E-state index contributed by atoms with van der Waals surface area (Å²) in [6, 6.07) is 0.0530. The molecule has 3 heterocycles. The Morgan fingerprint density at radius 3 is 2.65 bits per heavy atom. The highest BCUT2D eigenvalue weighted by atomic mass is 16.2. The van der Waals surface area contributed by atoms with Gasteiger partial charge in [0.05, 0.1) is 17.9 Å². The third-order valence-electron chi connectivity index (χ3n) is 5.09. The van der Waals surface area contributed by atoms with Gasteiger partial charge >= 0.3 is 0 Å². The van der Waals surface area contributed by atoms with Crippen LogP contribution >= 0.6 is 0 Å². The average Bonchev–Trinajstić information content (AvgIpc) is 3.00. The molecule has 1 atom stereocenters. The van der Waals surface area contributed by atoms with Crippen LogP contribution in [0.25, 0.3) is 0 Å². The lowest BCUT2D eigenvalue weighted by Crippen LogP contribution is -2.57. The monoisotopic (exact) mass is 319 g/mol.